The van der Waals surface area contributed by atoms with Crippen LogP contribution in [0.2, 0.25) is 0 Å². The van der Waals surface area contributed by atoms with Gasteiger partial charge in [-0.25, -0.2) is 0 Å². The molecule has 34 valence electrons. The monoisotopic (exact) mass is 152 g/mol. The molecule has 0 amide bonds. The van der Waals surface area contributed by atoms with Gasteiger partial charge in [0.2, 0.25) is 0 Å². The molecule has 0 atom stereocenters. The van der Waals surface area contributed by atoms with Gasteiger partial charge in [-0.3, -0.25) is 0 Å². The van der Waals surface area contributed by atoms with E-state index in [1.807, 2.05) is 0 Å². The van der Waals surface area contributed by atoms with Crippen LogP contribution in [0.15, 0.2) is 0 Å². The summed E-state index contributed by atoms with van der Waals surface area (Å²) in [6.07, 6.45) is 0. The highest BCUT2D eigenvalue weighted by molar-refractivity contribution is 8.03. The first-order chi connectivity index (χ1) is 1.73. The summed E-state index contributed by atoms with van der Waals surface area (Å²) in [7, 11) is 0. The summed E-state index contributed by atoms with van der Waals surface area (Å²) < 4.78 is 0. The van der Waals surface area contributed by atoms with Gasteiger partial charge in [0.1, 0.15) is 0 Å². The summed E-state index contributed by atoms with van der Waals surface area (Å²) >= 11 is 10.2. The average Bonchev–Trinajstić information content (AvgIpc) is 0.811. The van der Waals surface area contributed by atoms with Crippen LogP contribution in [0.1, 0.15) is 0 Å². The van der Waals surface area contributed by atoms with Crippen LogP contribution in [0.3, 0.4) is 0 Å². The summed E-state index contributed by atoms with van der Waals surface area (Å²) in [6, 6.07) is 0. The van der Waals surface area contributed by atoms with Crippen molar-refractivity contribution in [1.29, 1.82) is 0 Å². The average molecular weight is 153 g/mol. The van der Waals surface area contributed by atoms with Crippen LogP contribution >= 0.6 is 41.5 Å². The SMILES string of the molecule is CP(Cl)Cl.Cl. The maximum absolute atomic E-state index is 5.10. The first kappa shape index (κ1) is 9.57. The Bertz CT molecular complexity index is 11.6. The molecule has 0 aromatic carbocycles. The van der Waals surface area contributed by atoms with Crippen LogP contribution < -0.4 is 0 Å². The van der Waals surface area contributed by atoms with Crippen LogP contribution in [0.5, 0.6) is 0 Å². The minimum Gasteiger partial charge on any atom is -0.147 e. The fourth-order valence-corrected chi connectivity index (χ4v) is 0. The van der Waals surface area contributed by atoms with E-state index in [0.29, 0.717) is 0 Å². The Morgan fingerprint density at radius 1 is 1.40 bits per heavy atom. The molecular formula is CH4Cl3P. The van der Waals surface area contributed by atoms with E-state index in [1.165, 1.54) is 0 Å². The third-order valence-electron chi connectivity index (χ3n) is 0. The first-order valence-corrected chi connectivity index (χ1v) is 4.38. The lowest BCUT2D eigenvalue weighted by molar-refractivity contribution is 2.49. The van der Waals surface area contributed by atoms with Gasteiger partial charge in [0, 0.05) is 0 Å². The summed E-state index contributed by atoms with van der Waals surface area (Å²) in [5.74, 6) is 0. The maximum Gasteiger partial charge on any atom is 0.0823 e. The fraction of sp³-hybridized carbons (Fsp3) is 1.00. The molecule has 0 N–H and O–H groups in total. The van der Waals surface area contributed by atoms with Crippen LogP contribution in [0.4, 0.5) is 0 Å². The van der Waals surface area contributed by atoms with Crippen molar-refractivity contribution in [2.75, 3.05) is 6.66 Å². The summed E-state index contributed by atoms with van der Waals surface area (Å²) in [6.45, 7) is 1.09. The van der Waals surface area contributed by atoms with Gasteiger partial charge in [-0.15, -0.1) is 12.4 Å². The molecule has 4 heteroatoms. The predicted octanol–water partition coefficient (Wildman–Crippen LogP) is 2.83. The quantitative estimate of drug-likeness (QED) is 0.470. The van der Waals surface area contributed by atoms with E-state index in [9.17, 15) is 0 Å². The van der Waals surface area contributed by atoms with Crippen LogP contribution in [0, 0.1) is 0 Å². The summed E-state index contributed by atoms with van der Waals surface area (Å²) in [5, 5.41) is 0. The summed E-state index contributed by atoms with van der Waals surface area (Å²) in [5.41, 5.74) is 0. The molecule has 0 aromatic rings. The number of hydrogen-bond donors (Lipinski definition) is 0. The predicted molar refractivity (Wildman–Crippen MR) is 31.8 cm³/mol. The van der Waals surface area contributed by atoms with Gasteiger partial charge in [0.25, 0.3) is 0 Å². The maximum atomic E-state index is 5.10. The van der Waals surface area contributed by atoms with E-state index in [-0.39, 0.29) is 12.4 Å². The lowest BCUT2D eigenvalue weighted by atomic mass is 12.0. The molecular weight excluding hydrogens is 149 g/mol. The second-order valence-electron chi connectivity index (χ2n) is 0.402. The van der Waals surface area contributed by atoms with E-state index >= 15 is 0 Å². The van der Waals surface area contributed by atoms with E-state index < -0.39 is 6.63 Å². The van der Waals surface area contributed by atoms with Crippen molar-refractivity contribution in [1.82, 2.24) is 0 Å². The zero-order chi connectivity index (χ0) is 3.58. The van der Waals surface area contributed by atoms with Crippen molar-refractivity contribution in [2.45, 2.75) is 0 Å². The van der Waals surface area contributed by atoms with Crippen LogP contribution in [-0.2, 0) is 0 Å². The van der Waals surface area contributed by atoms with Gasteiger partial charge in [0.05, 0.1) is 6.63 Å². The third kappa shape index (κ3) is 34.2. The topological polar surface area (TPSA) is 0 Å². The van der Waals surface area contributed by atoms with Gasteiger partial charge < -0.3 is 0 Å². The second kappa shape index (κ2) is 5.30. The lowest BCUT2D eigenvalue weighted by Crippen LogP contribution is -1.20. The Morgan fingerprint density at radius 2 is 1.40 bits per heavy atom. The molecule has 0 aromatic heterocycles. The van der Waals surface area contributed by atoms with E-state index in [0.717, 1.165) is 0 Å². The minimum atomic E-state index is -0.676. The highest BCUT2D eigenvalue weighted by atomic mass is 35.9. The largest absolute Gasteiger partial charge is 0.147 e. The number of hydrogen-bond acceptors (Lipinski definition) is 0. The van der Waals surface area contributed by atoms with Gasteiger partial charge >= 0.3 is 0 Å². The van der Waals surface area contributed by atoms with E-state index in [1.54, 1.807) is 6.66 Å². The van der Waals surface area contributed by atoms with Gasteiger partial charge in [-0.05, 0) is 6.66 Å². The lowest BCUT2D eigenvalue weighted by Gasteiger charge is -1.72. The number of rotatable bonds is 0. The van der Waals surface area contributed by atoms with Crippen LogP contribution in [-0.4, -0.2) is 6.66 Å². The highest BCUT2D eigenvalue weighted by Crippen LogP contribution is 2.41. The molecule has 0 radical (unpaired) electrons. The molecule has 0 aliphatic heterocycles. The first-order valence-electron chi connectivity index (χ1n) is 0.785. The molecule has 0 rings (SSSR count). The molecule has 0 unspecified atom stereocenters. The zero-order valence-corrected chi connectivity index (χ0v) is 5.83. The molecule has 5 heavy (non-hydrogen) atoms. The Morgan fingerprint density at radius 3 is 1.40 bits per heavy atom. The molecule has 0 saturated carbocycles. The molecule has 0 aliphatic rings. The molecule has 0 fully saturated rings. The van der Waals surface area contributed by atoms with E-state index in [4.69, 9.17) is 22.5 Å². The van der Waals surface area contributed by atoms with Crippen molar-refractivity contribution >= 4 is 41.5 Å². The van der Waals surface area contributed by atoms with Gasteiger partial charge in [-0.1, -0.05) is 22.5 Å². The van der Waals surface area contributed by atoms with Crippen molar-refractivity contribution in [3.05, 3.63) is 0 Å². The third-order valence-corrected chi connectivity index (χ3v) is 0. The number of halogens is 3. The van der Waals surface area contributed by atoms with Crippen molar-refractivity contribution in [3.63, 3.8) is 0 Å². The molecule has 0 spiro atoms. The molecule has 0 nitrogen and oxygen atoms in total. The molecule has 0 saturated heterocycles. The minimum absolute atomic E-state index is 0. The summed E-state index contributed by atoms with van der Waals surface area (Å²) in [4.78, 5) is 0. The Labute approximate surface area is 48.6 Å². The van der Waals surface area contributed by atoms with Gasteiger partial charge in [-0.2, -0.15) is 0 Å². The Hall–Kier alpha value is 1.30. The normalized spacial score (nSPS) is 7.20. The zero-order valence-electron chi connectivity index (χ0n) is 2.61. The smallest absolute Gasteiger partial charge is 0.0823 e. The van der Waals surface area contributed by atoms with E-state index in [2.05, 4.69) is 0 Å². The van der Waals surface area contributed by atoms with Crippen molar-refractivity contribution in [3.8, 4) is 0 Å². The molecule has 0 bridgehead atoms. The standard InChI is InChI=1S/CH3Cl2P.ClH/c1-4(2)3;/h1H3;1H. The van der Waals surface area contributed by atoms with Crippen molar-refractivity contribution in [2.24, 2.45) is 0 Å². The van der Waals surface area contributed by atoms with Gasteiger partial charge in [0.15, 0.2) is 0 Å². The molecule has 0 aliphatic carbocycles. The van der Waals surface area contributed by atoms with Crippen LogP contribution in [0.25, 0.3) is 0 Å². The molecule has 0 heterocycles. The Kier molecular flexibility index (Phi) is 10.1. The highest BCUT2D eigenvalue weighted by Gasteiger charge is 1.75. The van der Waals surface area contributed by atoms with Crippen molar-refractivity contribution < 1.29 is 0 Å². The second-order valence-corrected chi connectivity index (χ2v) is 4.77. The Balaban J connectivity index is 0. The fourth-order valence-electron chi connectivity index (χ4n) is 0.